The fraction of sp³-hybridized carbons (Fsp3) is 0.688. The summed E-state index contributed by atoms with van der Waals surface area (Å²) in [6.45, 7) is 7.58. The minimum atomic E-state index is -0.638. The summed E-state index contributed by atoms with van der Waals surface area (Å²) in [4.78, 5) is 14.3. The molecule has 1 aliphatic heterocycles. The van der Waals surface area contributed by atoms with Crippen LogP contribution in [0.15, 0.2) is 16.8 Å². The summed E-state index contributed by atoms with van der Waals surface area (Å²) in [5, 5.41) is 19.4. The summed E-state index contributed by atoms with van der Waals surface area (Å²) < 4.78 is 0. The molecule has 3 N–H and O–H groups in total. The Kier molecular flexibility index (Phi) is 6.67. The van der Waals surface area contributed by atoms with Crippen molar-refractivity contribution in [2.24, 2.45) is 5.92 Å². The van der Waals surface area contributed by atoms with Crippen LogP contribution in [0.5, 0.6) is 0 Å². The molecule has 0 radical (unpaired) electrons. The molecule has 1 aliphatic rings. The molecule has 1 aromatic rings. The zero-order chi connectivity index (χ0) is 15.9. The normalized spacial score (nSPS) is 20.3. The van der Waals surface area contributed by atoms with E-state index in [1.54, 1.807) is 11.3 Å². The van der Waals surface area contributed by atoms with Gasteiger partial charge in [-0.25, -0.2) is 4.79 Å². The number of carbonyl (C=O) groups excluding carboxylic acids is 1. The summed E-state index contributed by atoms with van der Waals surface area (Å²) in [5.74, 6) is 0.648. The number of carbonyl (C=O) groups is 1. The number of nitrogens with zero attached hydrogens (tertiary/aromatic N) is 1. The van der Waals surface area contributed by atoms with E-state index in [0.29, 0.717) is 18.5 Å². The second-order valence-electron chi connectivity index (χ2n) is 6.35. The molecule has 1 fully saturated rings. The van der Waals surface area contributed by atoms with Crippen molar-refractivity contribution in [2.45, 2.75) is 38.8 Å². The summed E-state index contributed by atoms with van der Waals surface area (Å²) in [6, 6.07) is 2.11. The van der Waals surface area contributed by atoms with Crippen molar-refractivity contribution in [2.75, 3.05) is 26.2 Å². The van der Waals surface area contributed by atoms with Crippen LogP contribution in [0.1, 0.15) is 38.4 Å². The van der Waals surface area contributed by atoms with Crippen LogP contribution < -0.4 is 10.6 Å². The molecule has 0 saturated carbocycles. The first-order chi connectivity index (χ1) is 10.6. The lowest BCUT2D eigenvalue weighted by Crippen LogP contribution is -2.45. The van der Waals surface area contributed by atoms with Gasteiger partial charge in [-0.2, -0.15) is 11.3 Å². The van der Waals surface area contributed by atoms with Crippen molar-refractivity contribution in [3.05, 3.63) is 22.4 Å². The van der Waals surface area contributed by atoms with Gasteiger partial charge in [-0.05, 0) is 47.7 Å². The molecule has 0 aromatic carbocycles. The standard InChI is InChI=1S/C16H27N3O2S/c1-12(2)10-19-6-3-4-14(19)8-17-16(21)18-9-15(20)13-5-7-22-11-13/h5,7,11-12,14-15,20H,3-4,6,8-10H2,1-2H3,(H2,17,18,21)/t14-,15?/m0/s1. The van der Waals surface area contributed by atoms with Crippen molar-refractivity contribution in [3.8, 4) is 0 Å². The number of hydrogen-bond acceptors (Lipinski definition) is 4. The summed E-state index contributed by atoms with van der Waals surface area (Å²) in [7, 11) is 0. The Balaban J connectivity index is 1.67. The van der Waals surface area contributed by atoms with Gasteiger partial charge in [-0.15, -0.1) is 0 Å². The third-order valence-corrected chi connectivity index (χ3v) is 4.68. The van der Waals surface area contributed by atoms with Gasteiger partial charge in [0.25, 0.3) is 0 Å². The van der Waals surface area contributed by atoms with Crippen molar-refractivity contribution in [3.63, 3.8) is 0 Å². The predicted molar refractivity (Wildman–Crippen MR) is 90.1 cm³/mol. The first-order valence-electron chi connectivity index (χ1n) is 8.02. The Morgan fingerprint density at radius 2 is 2.32 bits per heavy atom. The molecule has 1 saturated heterocycles. The zero-order valence-electron chi connectivity index (χ0n) is 13.4. The highest BCUT2D eigenvalue weighted by Crippen LogP contribution is 2.18. The number of thiophene rings is 1. The van der Waals surface area contributed by atoms with E-state index in [0.717, 1.165) is 25.1 Å². The van der Waals surface area contributed by atoms with Gasteiger partial charge in [-0.1, -0.05) is 13.8 Å². The van der Waals surface area contributed by atoms with Gasteiger partial charge >= 0.3 is 6.03 Å². The van der Waals surface area contributed by atoms with Crippen molar-refractivity contribution >= 4 is 17.4 Å². The molecular formula is C16H27N3O2S. The van der Waals surface area contributed by atoms with Crippen molar-refractivity contribution < 1.29 is 9.90 Å². The van der Waals surface area contributed by atoms with E-state index in [2.05, 4.69) is 29.4 Å². The maximum absolute atomic E-state index is 11.9. The number of aliphatic hydroxyl groups excluding tert-OH is 1. The topological polar surface area (TPSA) is 64.6 Å². The average molecular weight is 325 g/mol. The third kappa shape index (κ3) is 5.26. The van der Waals surface area contributed by atoms with Crippen molar-refractivity contribution in [1.82, 2.24) is 15.5 Å². The Morgan fingerprint density at radius 1 is 1.50 bits per heavy atom. The summed E-state index contributed by atoms with van der Waals surface area (Å²) in [5.41, 5.74) is 0.851. The second kappa shape index (κ2) is 8.50. The van der Waals surface area contributed by atoms with Gasteiger partial charge in [-0.3, -0.25) is 4.90 Å². The largest absolute Gasteiger partial charge is 0.387 e. The Bertz CT molecular complexity index is 450. The monoisotopic (exact) mass is 325 g/mol. The van der Waals surface area contributed by atoms with Crippen LogP contribution in [0, 0.1) is 5.92 Å². The minimum Gasteiger partial charge on any atom is -0.387 e. The van der Waals surface area contributed by atoms with Crippen LogP contribution in [0.2, 0.25) is 0 Å². The van der Waals surface area contributed by atoms with Gasteiger partial charge in [0.1, 0.15) is 0 Å². The van der Waals surface area contributed by atoms with Crippen molar-refractivity contribution in [1.29, 1.82) is 0 Å². The number of rotatable bonds is 7. The highest BCUT2D eigenvalue weighted by molar-refractivity contribution is 7.07. The van der Waals surface area contributed by atoms with Gasteiger partial charge in [0.05, 0.1) is 6.10 Å². The first-order valence-corrected chi connectivity index (χ1v) is 8.96. The smallest absolute Gasteiger partial charge is 0.314 e. The molecule has 2 atom stereocenters. The molecule has 0 aliphatic carbocycles. The number of amides is 2. The quantitative estimate of drug-likeness (QED) is 0.720. The maximum Gasteiger partial charge on any atom is 0.314 e. The average Bonchev–Trinajstić information content (AvgIpc) is 3.13. The molecule has 6 heteroatoms. The van der Waals surface area contributed by atoms with Gasteiger partial charge in [0.15, 0.2) is 0 Å². The molecule has 124 valence electrons. The lowest BCUT2D eigenvalue weighted by atomic mass is 10.1. The molecular weight excluding hydrogens is 298 g/mol. The fourth-order valence-corrected chi connectivity index (χ4v) is 3.59. The SMILES string of the molecule is CC(C)CN1CCC[C@H]1CNC(=O)NCC(O)c1ccsc1. The number of nitrogens with one attached hydrogen (secondary N) is 2. The molecule has 0 spiro atoms. The maximum atomic E-state index is 11.9. The van der Waals surface area contributed by atoms with E-state index in [4.69, 9.17) is 0 Å². The molecule has 22 heavy (non-hydrogen) atoms. The van der Waals surface area contributed by atoms with Gasteiger partial charge in [0, 0.05) is 25.7 Å². The first kappa shape index (κ1) is 17.2. The Morgan fingerprint density at radius 3 is 3.00 bits per heavy atom. The Hall–Kier alpha value is -1.11. The molecule has 2 amide bonds. The number of aliphatic hydroxyl groups is 1. The molecule has 1 unspecified atom stereocenters. The van der Waals surface area contributed by atoms with E-state index in [-0.39, 0.29) is 12.6 Å². The third-order valence-electron chi connectivity index (χ3n) is 3.98. The molecule has 2 heterocycles. The van der Waals surface area contributed by atoms with Gasteiger partial charge < -0.3 is 15.7 Å². The van der Waals surface area contributed by atoms with Crippen LogP contribution in [0.25, 0.3) is 0 Å². The summed E-state index contributed by atoms with van der Waals surface area (Å²) in [6.07, 6.45) is 1.71. The van der Waals surface area contributed by atoms with E-state index in [1.165, 1.54) is 6.42 Å². The molecule has 2 rings (SSSR count). The molecule has 5 nitrogen and oxygen atoms in total. The van der Waals surface area contributed by atoms with Crippen LogP contribution in [0.4, 0.5) is 4.79 Å². The lowest BCUT2D eigenvalue weighted by molar-refractivity contribution is 0.172. The zero-order valence-corrected chi connectivity index (χ0v) is 14.2. The van der Waals surface area contributed by atoms with E-state index in [1.807, 2.05) is 16.8 Å². The van der Waals surface area contributed by atoms with Crippen LogP contribution in [-0.2, 0) is 0 Å². The fourth-order valence-electron chi connectivity index (χ4n) is 2.88. The minimum absolute atomic E-state index is 0.203. The highest BCUT2D eigenvalue weighted by atomic mass is 32.1. The number of urea groups is 1. The van der Waals surface area contributed by atoms with E-state index in [9.17, 15) is 9.90 Å². The van der Waals surface area contributed by atoms with Gasteiger partial charge in [0.2, 0.25) is 0 Å². The summed E-state index contributed by atoms with van der Waals surface area (Å²) >= 11 is 1.54. The van der Waals surface area contributed by atoms with E-state index < -0.39 is 6.10 Å². The van der Waals surface area contributed by atoms with Crippen LogP contribution >= 0.6 is 11.3 Å². The van der Waals surface area contributed by atoms with Crippen LogP contribution in [-0.4, -0.2) is 48.3 Å². The molecule has 1 aromatic heterocycles. The van der Waals surface area contributed by atoms with E-state index >= 15 is 0 Å². The predicted octanol–water partition coefficient (Wildman–Crippen LogP) is 2.20. The Labute approximate surface area is 136 Å². The number of likely N-dealkylation sites (tertiary alicyclic amines) is 1. The second-order valence-corrected chi connectivity index (χ2v) is 7.13. The number of hydrogen-bond donors (Lipinski definition) is 3. The highest BCUT2D eigenvalue weighted by Gasteiger charge is 2.25. The van der Waals surface area contributed by atoms with Crippen LogP contribution in [0.3, 0.4) is 0 Å². The molecule has 0 bridgehead atoms. The lowest BCUT2D eigenvalue weighted by Gasteiger charge is -2.26.